The Kier molecular flexibility index (Phi) is 6.15. The first kappa shape index (κ1) is 11.0. The van der Waals surface area contributed by atoms with Crippen LogP contribution < -0.4 is 5.32 Å². The summed E-state index contributed by atoms with van der Waals surface area (Å²) in [6.45, 7) is 6.69. The zero-order valence-electron chi connectivity index (χ0n) is 8.55. The summed E-state index contributed by atoms with van der Waals surface area (Å²) in [4.78, 5) is 0. The summed E-state index contributed by atoms with van der Waals surface area (Å²) in [7, 11) is 0. The SMILES string of the molecule is CCCOCCNCC1CCCO1. The highest BCUT2D eigenvalue weighted by atomic mass is 16.5. The molecule has 0 aliphatic carbocycles. The Hall–Kier alpha value is -0.120. The lowest BCUT2D eigenvalue weighted by Crippen LogP contribution is -2.29. The lowest BCUT2D eigenvalue weighted by Gasteiger charge is -2.10. The molecule has 3 heteroatoms. The van der Waals surface area contributed by atoms with Gasteiger partial charge in [0.15, 0.2) is 0 Å². The molecule has 1 heterocycles. The summed E-state index contributed by atoms with van der Waals surface area (Å²) in [6, 6.07) is 0. The molecule has 1 aliphatic heterocycles. The van der Waals surface area contributed by atoms with E-state index in [4.69, 9.17) is 9.47 Å². The van der Waals surface area contributed by atoms with Crippen molar-refractivity contribution >= 4 is 0 Å². The van der Waals surface area contributed by atoms with Crippen LogP contribution in [0.15, 0.2) is 0 Å². The molecule has 0 amide bonds. The average Bonchev–Trinajstić information content (AvgIpc) is 2.63. The molecule has 78 valence electrons. The van der Waals surface area contributed by atoms with Crippen molar-refractivity contribution in [1.29, 1.82) is 0 Å². The topological polar surface area (TPSA) is 30.5 Å². The Morgan fingerprint density at radius 1 is 1.46 bits per heavy atom. The van der Waals surface area contributed by atoms with Crippen molar-refractivity contribution < 1.29 is 9.47 Å². The van der Waals surface area contributed by atoms with Crippen molar-refractivity contribution in [2.75, 3.05) is 32.9 Å². The number of hydrogen-bond acceptors (Lipinski definition) is 3. The van der Waals surface area contributed by atoms with Crippen molar-refractivity contribution in [2.24, 2.45) is 0 Å². The zero-order valence-corrected chi connectivity index (χ0v) is 8.55. The molecule has 13 heavy (non-hydrogen) atoms. The van der Waals surface area contributed by atoms with Crippen molar-refractivity contribution in [3.05, 3.63) is 0 Å². The maximum atomic E-state index is 5.48. The number of hydrogen-bond donors (Lipinski definition) is 1. The molecule has 1 atom stereocenters. The monoisotopic (exact) mass is 187 g/mol. The van der Waals surface area contributed by atoms with Gasteiger partial charge in [-0.05, 0) is 19.3 Å². The lowest BCUT2D eigenvalue weighted by atomic mass is 10.2. The smallest absolute Gasteiger partial charge is 0.0700 e. The third kappa shape index (κ3) is 5.24. The van der Waals surface area contributed by atoms with Gasteiger partial charge in [0.25, 0.3) is 0 Å². The molecule has 0 aromatic rings. The summed E-state index contributed by atoms with van der Waals surface area (Å²) in [6.07, 6.45) is 3.99. The van der Waals surface area contributed by atoms with Gasteiger partial charge in [0.05, 0.1) is 12.7 Å². The van der Waals surface area contributed by atoms with Gasteiger partial charge in [0, 0.05) is 26.3 Å². The molecule has 0 bridgehead atoms. The maximum Gasteiger partial charge on any atom is 0.0700 e. The van der Waals surface area contributed by atoms with Gasteiger partial charge in [-0.1, -0.05) is 6.92 Å². The highest BCUT2D eigenvalue weighted by molar-refractivity contribution is 4.66. The van der Waals surface area contributed by atoms with Gasteiger partial charge in [0.1, 0.15) is 0 Å². The molecule has 0 aromatic heterocycles. The first-order chi connectivity index (χ1) is 6.43. The molecule has 0 aromatic carbocycles. The molecular weight excluding hydrogens is 166 g/mol. The normalized spacial score (nSPS) is 22.4. The van der Waals surface area contributed by atoms with Gasteiger partial charge in [-0.2, -0.15) is 0 Å². The van der Waals surface area contributed by atoms with Crippen LogP contribution >= 0.6 is 0 Å². The summed E-state index contributed by atoms with van der Waals surface area (Å²) in [5, 5.41) is 3.34. The molecule has 1 unspecified atom stereocenters. The van der Waals surface area contributed by atoms with Crippen LogP contribution in [0.3, 0.4) is 0 Å². The molecule has 1 saturated heterocycles. The van der Waals surface area contributed by atoms with Gasteiger partial charge in [0.2, 0.25) is 0 Å². The van der Waals surface area contributed by atoms with E-state index in [0.717, 1.165) is 39.3 Å². The van der Waals surface area contributed by atoms with Crippen LogP contribution in [0.1, 0.15) is 26.2 Å². The Morgan fingerprint density at radius 2 is 2.38 bits per heavy atom. The lowest BCUT2D eigenvalue weighted by molar-refractivity contribution is 0.102. The minimum atomic E-state index is 0.450. The van der Waals surface area contributed by atoms with Crippen LogP contribution in [0.4, 0.5) is 0 Å². The number of rotatable bonds is 7. The van der Waals surface area contributed by atoms with Crippen molar-refractivity contribution in [3.8, 4) is 0 Å². The van der Waals surface area contributed by atoms with E-state index in [1.165, 1.54) is 12.8 Å². The zero-order chi connectivity index (χ0) is 9.36. The van der Waals surface area contributed by atoms with Gasteiger partial charge < -0.3 is 14.8 Å². The van der Waals surface area contributed by atoms with Crippen LogP contribution in [0.5, 0.6) is 0 Å². The van der Waals surface area contributed by atoms with Gasteiger partial charge >= 0.3 is 0 Å². The average molecular weight is 187 g/mol. The summed E-state index contributed by atoms with van der Waals surface area (Å²) in [5.41, 5.74) is 0. The molecule has 1 fully saturated rings. The van der Waals surface area contributed by atoms with E-state index in [0.29, 0.717) is 6.10 Å². The molecule has 0 radical (unpaired) electrons. The van der Waals surface area contributed by atoms with E-state index in [2.05, 4.69) is 12.2 Å². The Balaban J connectivity index is 1.78. The van der Waals surface area contributed by atoms with E-state index >= 15 is 0 Å². The predicted octanol–water partition coefficient (Wildman–Crippen LogP) is 1.18. The first-order valence-corrected chi connectivity index (χ1v) is 5.33. The van der Waals surface area contributed by atoms with Gasteiger partial charge in [-0.25, -0.2) is 0 Å². The van der Waals surface area contributed by atoms with Crippen LogP contribution in [0, 0.1) is 0 Å². The number of nitrogens with one attached hydrogen (secondary N) is 1. The molecule has 1 N–H and O–H groups in total. The van der Waals surface area contributed by atoms with E-state index in [1.54, 1.807) is 0 Å². The summed E-state index contributed by atoms with van der Waals surface area (Å²) < 4.78 is 10.8. The Bertz CT molecular complexity index is 113. The fourth-order valence-electron chi connectivity index (χ4n) is 1.46. The molecular formula is C10H21NO2. The van der Waals surface area contributed by atoms with Crippen LogP contribution in [0.2, 0.25) is 0 Å². The van der Waals surface area contributed by atoms with Gasteiger partial charge in [-0.3, -0.25) is 0 Å². The van der Waals surface area contributed by atoms with Gasteiger partial charge in [-0.15, -0.1) is 0 Å². The maximum absolute atomic E-state index is 5.48. The minimum Gasteiger partial charge on any atom is -0.380 e. The molecule has 3 nitrogen and oxygen atoms in total. The Labute approximate surface area is 80.8 Å². The fraction of sp³-hybridized carbons (Fsp3) is 1.00. The second kappa shape index (κ2) is 7.30. The largest absolute Gasteiger partial charge is 0.380 e. The van der Waals surface area contributed by atoms with E-state index < -0.39 is 0 Å². The fourth-order valence-corrected chi connectivity index (χ4v) is 1.46. The van der Waals surface area contributed by atoms with Crippen molar-refractivity contribution in [2.45, 2.75) is 32.3 Å². The second-order valence-electron chi connectivity index (χ2n) is 3.45. The molecule has 1 rings (SSSR count). The molecule has 0 spiro atoms. The van der Waals surface area contributed by atoms with Crippen molar-refractivity contribution in [1.82, 2.24) is 5.32 Å². The van der Waals surface area contributed by atoms with E-state index in [9.17, 15) is 0 Å². The summed E-state index contributed by atoms with van der Waals surface area (Å²) in [5.74, 6) is 0. The second-order valence-corrected chi connectivity index (χ2v) is 3.45. The third-order valence-electron chi connectivity index (χ3n) is 2.17. The molecule has 1 aliphatic rings. The van der Waals surface area contributed by atoms with E-state index in [1.807, 2.05) is 0 Å². The Morgan fingerprint density at radius 3 is 3.08 bits per heavy atom. The molecule has 0 saturated carbocycles. The van der Waals surface area contributed by atoms with Crippen LogP contribution in [-0.4, -0.2) is 39.0 Å². The quantitative estimate of drug-likeness (QED) is 0.607. The predicted molar refractivity (Wildman–Crippen MR) is 53.0 cm³/mol. The standard InChI is InChI=1S/C10H21NO2/c1-2-6-12-8-5-11-9-10-4-3-7-13-10/h10-11H,2-9H2,1H3. The van der Waals surface area contributed by atoms with Crippen LogP contribution in [-0.2, 0) is 9.47 Å². The third-order valence-corrected chi connectivity index (χ3v) is 2.17. The van der Waals surface area contributed by atoms with Crippen molar-refractivity contribution in [3.63, 3.8) is 0 Å². The summed E-state index contributed by atoms with van der Waals surface area (Å²) >= 11 is 0. The first-order valence-electron chi connectivity index (χ1n) is 5.33. The number of ether oxygens (including phenoxy) is 2. The highest BCUT2D eigenvalue weighted by Gasteiger charge is 2.13. The van der Waals surface area contributed by atoms with Crippen LogP contribution in [0.25, 0.3) is 0 Å². The van der Waals surface area contributed by atoms with E-state index in [-0.39, 0.29) is 0 Å². The minimum absolute atomic E-state index is 0.450. The highest BCUT2D eigenvalue weighted by Crippen LogP contribution is 2.10.